The molecule has 2 N–H and O–H groups in total. The maximum absolute atomic E-state index is 11.0. The molecule has 1 unspecified atom stereocenters. The largest absolute Gasteiger partial charge is 0.496 e. The van der Waals surface area contributed by atoms with Gasteiger partial charge in [-0.2, -0.15) is 0 Å². The quantitative estimate of drug-likeness (QED) is 0.815. The third-order valence-corrected chi connectivity index (χ3v) is 3.54. The predicted molar refractivity (Wildman–Crippen MR) is 69.8 cm³/mol. The maximum Gasteiger partial charge on any atom is 0.153 e. The molecule has 1 aromatic carbocycles. The van der Waals surface area contributed by atoms with Crippen molar-refractivity contribution in [3.8, 4) is 5.75 Å². The molecule has 0 aromatic heterocycles. The van der Waals surface area contributed by atoms with E-state index in [2.05, 4.69) is 13.8 Å². The van der Waals surface area contributed by atoms with Gasteiger partial charge in [-0.1, -0.05) is 13.8 Å². The predicted octanol–water partition coefficient (Wildman–Crippen LogP) is 2.44. The van der Waals surface area contributed by atoms with Crippen molar-refractivity contribution in [2.45, 2.75) is 39.2 Å². The standard InChI is InChI=1S/C14H21NO2/c1-9-6-13(17-5)11(8-16)7-12(9)14(3,4)10(2)15/h6-8,10H,15H2,1-5H3. The van der Waals surface area contributed by atoms with E-state index in [0.29, 0.717) is 11.3 Å². The van der Waals surface area contributed by atoms with E-state index >= 15 is 0 Å². The number of hydrogen-bond donors (Lipinski definition) is 1. The Morgan fingerprint density at radius 2 is 2.00 bits per heavy atom. The second-order valence-electron chi connectivity index (χ2n) is 5.04. The third-order valence-electron chi connectivity index (χ3n) is 3.54. The summed E-state index contributed by atoms with van der Waals surface area (Å²) in [6.07, 6.45) is 0.818. The van der Waals surface area contributed by atoms with Crippen molar-refractivity contribution in [3.63, 3.8) is 0 Å². The van der Waals surface area contributed by atoms with Crippen LogP contribution in [0, 0.1) is 6.92 Å². The Labute approximate surface area is 103 Å². The molecule has 94 valence electrons. The second kappa shape index (κ2) is 4.88. The van der Waals surface area contributed by atoms with E-state index in [1.165, 1.54) is 0 Å². The highest BCUT2D eigenvalue weighted by molar-refractivity contribution is 5.80. The van der Waals surface area contributed by atoms with Crippen molar-refractivity contribution in [3.05, 3.63) is 28.8 Å². The summed E-state index contributed by atoms with van der Waals surface area (Å²) in [5.74, 6) is 0.613. The first kappa shape index (κ1) is 13.7. The fraction of sp³-hybridized carbons (Fsp3) is 0.500. The average Bonchev–Trinajstić information content (AvgIpc) is 2.27. The topological polar surface area (TPSA) is 52.3 Å². The number of aldehydes is 1. The van der Waals surface area contributed by atoms with Gasteiger partial charge in [0.1, 0.15) is 5.75 Å². The van der Waals surface area contributed by atoms with Gasteiger partial charge in [-0.05, 0) is 37.1 Å². The summed E-state index contributed by atoms with van der Waals surface area (Å²) in [6, 6.07) is 3.78. The van der Waals surface area contributed by atoms with Gasteiger partial charge in [-0.3, -0.25) is 4.79 Å². The molecule has 17 heavy (non-hydrogen) atoms. The Kier molecular flexibility index (Phi) is 3.94. The number of rotatable bonds is 4. The normalized spacial score (nSPS) is 13.3. The van der Waals surface area contributed by atoms with Crippen LogP contribution in [0.25, 0.3) is 0 Å². The van der Waals surface area contributed by atoms with Crippen LogP contribution in [-0.2, 0) is 5.41 Å². The highest BCUT2D eigenvalue weighted by Gasteiger charge is 2.27. The summed E-state index contributed by atoms with van der Waals surface area (Å²) in [4.78, 5) is 11.0. The summed E-state index contributed by atoms with van der Waals surface area (Å²) in [5.41, 5.74) is 8.60. The van der Waals surface area contributed by atoms with Gasteiger partial charge in [0.2, 0.25) is 0 Å². The monoisotopic (exact) mass is 235 g/mol. The van der Waals surface area contributed by atoms with Crippen molar-refractivity contribution < 1.29 is 9.53 Å². The highest BCUT2D eigenvalue weighted by atomic mass is 16.5. The molecule has 0 aliphatic heterocycles. The number of ether oxygens (including phenoxy) is 1. The van der Waals surface area contributed by atoms with Gasteiger partial charge in [0, 0.05) is 11.5 Å². The number of benzene rings is 1. The fourth-order valence-corrected chi connectivity index (χ4v) is 1.91. The van der Waals surface area contributed by atoms with Crippen molar-refractivity contribution in [1.29, 1.82) is 0 Å². The molecule has 3 nitrogen and oxygen atoms in total. The molecule has 0 aliphatic carbocycles. The van der Waals surface area contributed by atoms with E-state index < -0.39 is 0 Å². The van der Waals surface area contributed by atoms with Crippen LogP contribution in [0.15, 0.2) is 12.1 Å². The van der Waals surface area contributed by atoms with E-state index in [1.807, 2.05) is 26.0 Å². The van der Waals surface area contributed by atoms with Gasteiger partial charge in [0.15, 0.2) is 6.29 Å². The molecule has 0 aliphatic rings. The zero-order valence-electron chi connectivity index (χ0n) is 11.2. The van der Waals surface area contributed by atoms with Gasteiger partial charge in [-0.25, -0.2) is 0 Å². The van der Waals surface area contributed by atoms with Crippen LogP contribution in [-0.4, -0.2) is 19.4 Å². The number of nitrogens with two attached hydrogens (primary N) is 1. The number of carbonyl (C=O) groups is 1. The number of carbonyl (C=O) groups excluding carboxylic acids is 1. The first-order chi connectivity index (χ1) is 7.84. The van der Waals surface area contributed by atoms with Crippen LogP contribution in [0.2, 0.25) is 0 Å². The van der Waals surface area contributed by atoms with Crippen LogP contribution in [0.3, 0.4) is 0 Å². The summed E-state index contributed by atoms with van der Waals surface area (Å²) in [6.45, 7) is 8.16. The summed E-state index contributed by atoms with van der Waals surface area (Å²) >= 11 is 0. The van der Waals surface area contributed by atoms with Crippen molar-refractivity contribution in [2.24, 2.45) is 5.73 Å². The Balaban J connectivity index is 3.41. The van der Waals surface area contributed by atoms with E-state index in [0.717, 1.165) is 17.4 Å². The first-order valence-electron chi connectivity index (χ1n) is 5.74. The van der Waals surface area contributed by atoms with Crippen molar-refractivity contribution in [1.82, 2.24) is 0 Å². The lowest BCUT2D eigenvalue weighted by Crippen LogP contribution is -2.38. The fourth-order valence-electron chi connectivity index (χ4n) is 1.91. The molecule has 0 heterocycles. The van der Waals surface area contributed by atoms with Gasteiger partial charge in [0.05, 0.1) is 12.7 Å². The zero-order valence-corrected chi connectivity index (χ0v) is 11.2. The van der Waals surface area contributed by atoms with Crippen LogP contribution in [0.4, 0.5) is 0 Å². The molecule has 3 heteroatoms. The molecule has 1 atom stereocenters. The molecule has 0 saturated heterocycles. The molecule has 0 bridgehead atoms. The lowest BCUT2D eigenvalue weighted by atomic mass is 9.76. The Morgan fingerprint density at radius 3 is 2.41 bits per heavy atom. The second-order valence-corrected chi connectivity index (χ2v) is 5.04. The number of methoxy groups -OCH3 is 1. The maximum atomic E-state index is 11.0. The Hall–Kier alpha value is -1.35. The SMILES string of the molecule is COc1cc(C)c(C(C)(C)C(C)N)cc1C=O. The van der Waals surface area contributed by atoms with Crippen LogP contribution in [0.5, 0.6) is 5.75 Å². The van der Waals surface area contributed by atoms with Crippen LogP contribution in [0.1, 0.15) is 42.3 Å². The van der Waals surface area contributed by atoms with Gasteiger partial charge in [-0.15, -0.1) is 0 Å². The molecule has 0 amide bonds. The summed E-state index contributed by atoms with van der Waals surface area (Å²) in [5, 5.41) is 0. The van der Waals surface area contributed by atoms with Crippen molar-refractivity contribution in [2.75, 3.05) is 7.11 Å². The van der Waals surface area contributed by atoms with Crippen LogP contribution >= 0.6 is 0 Å². The molecule has 1 aromatic rings. The van der Waals surface area contributed by atoms with Gasteiger partial charge < -0.3 is 10.5 Å². The lowest BCUT2D eigenvalue weighted by molar-refractivity contribution is 0.112. The molecule has 1 rings (SSSR count). The van der Waals surface area contributed by atoms with Gasteiger partial charge in [0.25, 0.3) is 0 Å². The Morgan fingerprint density at radius 1 is 1.41 bits per heavy atom. The van der Waals surface area contributed by atoms with E-state index in [9.17, 15) is 4.79 Å². The number of hydrogen-bond acceptors (Lipinski definition) is 3. The highest BCUT2D eigenvalue weighted by Crippen LogP contribution is 2.32. The minimum absolute atomic E-state index is 0.00842. The number of aryl methyl sites for hydroxylation is 1. The zero-order chi connectivity index (χ0) is 13.2. The molecule has 0 saturated carbocycles. The molecular formula is C14H21NO2. The van der Waals surface area contributed by atoms with Crippen molar-refractivity contribution >= 4 is 6.29 Å². The molecular weight excluding hydrogens is 214 g/mol. The van der Waals surface area contributed by atoms with Crippen LogP contribution < -0.4 is 10.5 Å². The summed E-state index contributed by atoms with van der Waals surface area (Å²) in [7, 11) is 1.57. The molecule has 0 spiro atoms. The minimum atomic E-state index is -0.173. The van der Waals surface area contributed by atoms with E-state index in [-0.39, 0.29) is 11.5 Å². The first-order valence-corrected chi connectivity index (χ1v) is 5.74. The molecule has 0 radical (unpaired) electrons. The van der Waals surface area contributed by atoms with Gasteiger partial charge >= 0.3 is 0 Å². The molecule has 0 fully saturated rings. The third kappa shape index (κ3) is 2.50. The average molecular weight is 235 g/mol. The summed E-state index contributed by atoms with van der Waals surface area (Å²) < 4.78 is 5.18. The van der Waals surface area contributed by atoms with E-state index in [1.54, 1.807) is 7.11 Å². The smallest absolute Gasteiger partial charge is 0.153 e. The minimum Gasteiger partial charge on any atom is -0.496 e. The lowest BCUT2D eigenvalue weighted by Gasteiger charge is -2.31. The Bertz CT molecular complexity index is 422. The van der Waals surface area contributed by atoms with E-state index in [4.69, 9.17) is 10.5 Å².